The van der Waals surface area contributed by atoms with Crippen molar-refractivity contribution in [2.24, 2.45) is 4.99 Å². The highest BCUT2D eigenvalue weighted by molar-refractivity contribution is 14.0. The average Bonchev–Trinajstić information content (AvgIpc) is 3.26. The molecule has 146 valence electrons. The maximum Gasteiger partial charge on any atom is 0.191 e. The lowest BCUT2D eigenvalue weighted by atomic mass is 10.0. The first-order valence-corrected chi connectivity index (χ1v) is 8.42. The van der Waals surface area contributed by atoms with Crippen LogP contribution in [0.3, 0.4) is 0 Å². The molecule has 0 aliphatic rings. The molecule has 3 N–H and O–H groups in total. The number of aliphatic hydroxyl groups is 1. The number of aliphatic imine (C=N–C) groups is 1. The largest absolute Gasteiger partial charge is 0.468 e. The molecule has 0 aromatic carbocycles. The Morgan fingerprint density at radius 1 is 1.23 bits per heavy atom. The molecule has 2 aromatic rings. The van der Waals surface area contributed by atoms with Gasteiger partial charge in [0.1, 0.15) is 17.1 Å². The Balaban J connectivity index is 0.00000338. The summed E-state index contributed by atoms with van der Waals surface area (Å²) in [6.07, 6.45) is 3.22. The summed E-state index contributed by atoms with van der Waals surface area (Å²) in [5.74, 6) is 2.01. The van der Waals surface area contributed by atoms with E-state index in [4.69, 9.17) is 8.83 Å². The second-order valence-corrected chi connectivity index (χ2v) is 6.32. The molecule has 2 heterocycles. The van der Waals surface area contributed by atoms with Gasteiger partial charge in [0.25, 0.3) is 0 Å². The summed E-state index contributed by atoms with van der Waals surface area (Å²) in [5, 5.41) is 17.0. The zero-order chi connectivity index (χ0) is 18.3. The number of hydrogen-bond donors (Lipinski definition) is 3. The third kappa shape index (κ3) is 6.33. The van der Waals surface area contributed by atoms with Crippen molar-refractivity contribution in [1.82, 2.24) is 15.5 Å². The molecule has 0 saturated heterocycles. The van der Waals surface area contributed by atoms with Crippen LogP contribution in [0.4, 0.5) is 0 Å². The molecule has 8 heteroatoms. The fourth-order valence-electron chi connectivity index (χ4n) is 2.45. The van der Waals surface area contributed by atoms with E-state index < -0.39 is 5.60 Å². The van der Waals surface area contributed by atoms with Gasteiger partial charge in [0.2, 0.25) is 0 Å². The zero-order valence-electron chi connectivity index (χ0n) is 15.7. The van der Waals surface area contributed by atoms with E-state index in [1.165, 1.54) is 0 Å². The topological polar surface area (TPSA) is 86.2 Å². The quantitative estimate of drug-likeness (QED) is 0.309. The van der Waals surface area contributed by atoms with Crippen LogP contribution in [0.2, 0.25) is 0 Å². The van der Waals surface area contributed by atoms with E-state index in [1.54, 1.807) is 31.6 Å². The van der Waals surface area contributed by atoms with Gasteiger partial charge in [-0.1, -0.05) is 0 Å². The Morgan fingerprint density at radius 3 is 2.46 bits per heavy atom. The van der Waals surface area contributed by atoms with Crippen molar-refractivity contribution in [1.29, 1.82) is 0 Å². The van der Waals surface area contributed by atoms with E-state index in [1.807, 2.05) is 33.2 Å². The summed E-state index contributed by atoms with van der Waals surface area (Å²) in [7, 11) is 4.00. The molecule has 2 atom stereocenters. The lowest BCUT2D eigenvalue weighted by Gasteiger charge is -2.24. The number of hydrogen-bond acceptors (Lipinski definition) is 5. The highest BCUT2D eigenvalue weighted by Crippen LogP contribution is 2.21. The molecule has 0 spiro atoms. The molecule has 0 fully saturated rings. The fourth-order valence-corrected chi connectivity index (χ4v) is 2.45. The Kier molecular flexibility index (Phi) is 9.17. The highest BCUT2D eigenvalue weighted by atomic mass is 127. The summed E-state index contributed by atoms with van der Waals surface area (Å²) in [6.45, 7) is 5.21. The zero-order valence-corrected chi connectivity index (χ0v) is 18.1. The lowest BCUT2D eigenvalue weighted by Crippen LogP contribution is -2.42. The van der Waals surface area contributed by atoms with E-state index in [2.05, 4.69) is 20.5 Å². The Hall–Kier alpha value is -1.52. The van der Waals surface area contributed by atoms with Crippen LogP contribution in [0.1, 0.15) is 31.4 Å². The first-order chi connectivity index (χ1) is 11.9. The van der Waals surface area contributed by atoms with Crippen LogP contribution in [-0.4, -0.2) is 49.7 Å². The minimum atomic E-state index is -1.16. The van der Waals surface area contributed by atoms with Crippen molar-refractivity contribution in [3.8, 4) is 0 Å². The van der Waals surface area contributed by atoms with Crippen LogP contribution >= 0.6 is 24.0 Å². The van der Waals surface area contributed by atoms with Gasteiger partial charge in [0, 0.05) is 13.1 Å². The van der Waals surface area contributed by atoms with Gasteiger partial charge < -0.3 is 24.6 Å². The molecule has 0 bridgehead atoms. The number of likely N-dealkylation sites (N-methyl/N-ethyl adjacent to an activating group) is 1. The van der Waals surface area contributed by atoms with Gasteiger partial charge in [-0.15, -0.1) is 24.0 Å². The lowest BCUT2D eigenvalue weighted by molar-refractivity contribution is 0.0437. The maximum absolute atomic E-state index is 10.5. The molecular weight excluding hydrogens is 447 g/mol. The van der Waals surface area contributed by atoms with E-state index in [0.29, 0.717) is 18.3 Å². The van der Waals surface area contributed by atoms with Gasteiger partial charge in [0.15, 0.2) is 5.96 Å². The van der Waals surface area contributed by atoms with Crippen LogP contribution in [-0.2, 0) is 5.60 Å². The highest BCUT2D eigenvalue weighted by Gasteiger charge is 2.26. The molecule has 2 aromatic heterocycles. The second kappa shape index (κ2) is 10.6. The van der Waals surface area contributed by atoms with Crippen molar-refractivity contribution in [2.75, 3.05) is 33.7 Å². The van der Waals surface area contributed by atoms with E-state index >= 15 is 0 Å². The molecule has 0 aliphatic heterocycles. The van der Waals surface area contributed by atoms with Gasteiger partial charge in [-0.3, -0.25) is 4.90 Å². The molecule has 0 radical (unpaired) electrons. The molecular formula is C18H29IN4O3. The van der Waals surface area contributed by atoms with Crippen LogP contribution in [0, 0.1) is 0 Å². The Bertz CT molecular complexity index is 639. The van der Waals surface area contributed by atoms with Gasteiger partial charge in [-0.2, -0.15) is 0 Å². The summed E-state index contributed by atoms with van der Waals surface area (Å²) in [5.41, 5.74) is -1.16. The van der Waals surface area contributed by atoms with Crippen LogP contribution in [0.15, 0.2) is 50.6 Å². The third-order valence-corrected chi connectivity index (χ3v) is 3.90. The predicted octanol–water partition coefficient (Wildman–Crippen LogP) is 2.56. The number of furan rings is 2. The first kappa shape index (κ1) is 22.5. The van der Waals surface area contributed by atoms with Gasteiger partial charge in [-0.25, -0.2) is 4.99 Å². The summed E-state index contributed by atoms with van der Waals surface area (Å²) >= 11 is 0. The summed E-state index contributed by atoms with van der Waals surface area (Å²) < 4.78 is 10.8. The SMILES string of the molecule is CCNC(=NCC(C)(O)c1ccco1)NCC(c1ccco1)N(C)C.I. The molecule has 26 heavy (non-hydrogen) atoms. The van der Waals surface area contributed by atoms with E-state index in [0.717, 1.165) is 12.3 Å². The Morgan fingerprint density at radius 2 is 1.92 bits per heavy atom. The molecule has 0 saturated carbocycles. The minimum Gasteiger partial charge on any atom is -0.468 e. The maximum atomic E-state index is 10.5. The molecule has 0 aliphatic carbocycles. The van der Waals surface area contributed by atoms with Gasteiger partial charge in [0.05, 0.1) is 25.1 Å². The molecule has 7 nitrogen and oxygen atoms in total. The fraction of sp³-hybridized carbons (Fsp3) is 0.500. The molecule has 2 rings (SSSR count). The smallest absolute Gasteiger partial charge is 0.191 e. The number of guanidine groups is 1. The van der Waals surface area contributed by atoms with Gasteiger partial charge >= 0.3 is 0 Å². The monoisotopic (exact) mass is 476 g/mol. The average molecular weight is 476 g/mol. The van der Waals surface area contributed by atoms with Crippen molar-refractivity contribution >= 4 is 29.9 Å². The first-order valence-electron chi connectivity index (χ1n) is 8.42. The van der Waals surface area contributed by atoms with Crippen LogP contribution in [0.25, 0.3) is 0 Å². The standard InChI is InChI=1S/C18H28N4O3.HI/c1-5-19-17(21-13-18(2,23)16-9-7-11-25-16)20-12-14(22(3)4)15-8-6-10-24-15;/h6-11,14,23H,5,12-13H2,1-4H3,(H2,19,20,21);1H. The van der Waals surface area contributed by atoms with Crippen molar-refractivity contribution in [2.45, 2.75) is 25.5 Å². The van der Waals surface area contributed by atoms with Crippen molar-refractivity contribution in [3.05, 3.63) is 48.3 Å². The number of nitrogens with zero attached hydrogens (tertiary/aromatic N) is 2. The summed E-state index contributed by atoms with van der Waals surface area (Å²) in [6, 6.07) is 7.41. The van der Waals surface area contributed by atoms with E-state index in [-0.39, 0.29) is 36.6 Å². The van der Waals surface area contributed by atoms with Crippen LogP contribution in [0.5, 0.6) is 0 Å². The summed E-state index contributed by atoms with van der Waals surface area (Å²) in [4.78, 5) is 6.57. The number of rotatable bonds is 8. The normalized spacial score (nSPS) is 15.2. The Labute approximate surface area is 171 Å². The molecule has 0 amide bonds. The van der Waals surface area contributed by atoms with Crippen molar-refractivity contribution < 1.29 is 13.9 Å². The van der Waals surface area contributed by atoms with E-state index in [9.17, 15) is 5.11 Å². The molecule has 2 unspecified atom stereocenters. The van der Waals surface area contributed by atoms with Crippen molar-refractivity contribution in [3.63, 3.8) is 0 Å². The minimum absolute atomic E-state index is 0. The third-order valence-electron chi connectivity index (χ3n) is 3.90. The van der Waals surface area contributed by atoms with Gasteiger partial charge in [-0.05, 0) is 52.2 Å². The van der Waals surface area contributed by atoms with Crippen LogP contribution < -0.4 is 10.6 Å². The number of nitrogens with one attached hydrogen (secondary N) is 2. The number of halogens is 1. The second-order valence-electron chi connectivity index (χ2n) is 6.32. The predicted molar refractivity (Wildman–Crippen MR) is 113 cm³/mol.